The molecule has 21 heavy (non-hydrogen) atoms. The molecule has 0 spiro atoms. The minimum atomic E-state index is 0.111. The van der Waals surface area contributed by atoms with Gasteiger partial charge in [-0.15, -0.1) is 0 Å². The number of halogens is 1. The van der Waals surface area contributed by atoms with Crippen LogP contribution in [0.15, 0.2) is 36.7 Å². The highest BCUT2D eigenvalue weighted by molar-refractivity contribution is 6.32. The van der Waals surface area contributed by atoms with Crippen LogP contribution >= 0.6 is 11.6 Å². The second-order valence-electron chi connectivity index (χ2n) is 4.12. The van der Waals surface area contributed by atoms with Gasteiger partial charge in [-0.05, 0) is 24.3 Å². The van der Waals surface area contributed by atoms with Crippen LogP contribution in [-0.4, -0.2) is 31.8 Å². The lowest BCUT2D eigenvalue weighted by Crippen LogP contribution is -2.08. The van der Waals surface area contributed by atoms with Gasteiger partial charge in [-0.2, -0.15) is 20.1 Å². The summed E-state index contributed by atoms with van der Waals surface area (Å²) in [5.41, 5.74) is 6.46. The van der Waals surface area contributed by atoms with Crippen molar-refractivity contribution < 1.29 is 4.74 Å². The Kier molecular flexibility index (Phi) is 3.41. The quantitative estimate of drug-likeness (QED) is 0.795. The van der Waals surface area contributed by atoms with Crippen LogP contribution in [0.25, 0.3) is 17.3 Å². The summed E-state index contributed by atoms with van der Waals surface area (Å²) in [5.74, 6) is 1.41. The molecule has 0 aliphatic rings. The molecule has 3 aromatic rings. The molecule has 2 aromatic heterocycles. The smallest absolute Gasteiger partial charge is 0.255 e. The molecule has 0 atom stereocenters. The number of hydrogen-bond acceptors (Lipinski definition) is 6. The Balaban J connectivity index is 2.10. The van der Waals surface area contributed by atoms with Crippen molar-refractivity contribution in [3.63, 3.8) is 0 Å². The van der Waals surface area contributed by atoms with Crippen LogP contribution in [0.5, 0.6) is 5.75 Å². The number of nitrogens with two attached hydrogens (primary N) is 1. The summed E-state index contributed by atoms with van der Waals surface area (Å²) in [6, 6.07) is 7.00. The number of anilines is 1. The van der Waals surface area contributed by atoms with Crippen LogP contribution in [0, 0.1) is 0 Å². The van der Waals surface area contributed by atoms with Crippen molar-refractivity contribution in [3.8, 4) is 23.1 Å². The van der Waals surface area contributed by atoms with Crippen LogP contribution < -0.4 is 10.5 Å². The zero-order chi connectivity index (χ0) is 14.8. The number of rotatable bonds is 3. The lowest BCUT2D eigenvalue weighted by atomic mass is 10.2. The first kappa shape index (κ1) is 13.3. The van der Waals surface area contributed by atoms with Crippen molar-refractivity contribution >= 4 is 17.5 Å². The SMILES string of the molecule is COc1cc(-c2nc(N)nc(-n3cccn3)n2)ccc1Cl. The third-order valence-corrected chi connectivity index (χ3v) is 3.07. The number of ether oxygens (including phenoxy) is 1. The van der Waals surface area contributed by atoms with Gasteiger partial charge in [-0.1, -0.05) is 11.6 Å². The molecular weight excluding hydrogens is 292 g/mol. The van der Waals surface area contributed by atoms with E-state index in [4.69, 9.17) is 22.1 Å². The summed E-state index contributed by atoms with van der Waals surface area (Å²) in [4.78, 5) is 12.5. The number of nitrogen functional groups attached to an aromatic ring is 1. The van der Waals surface area contributed by atoms with Crippen molar-refractivity contribution in [2.24, 2.45) is 0 Å². The Morgan fingerprint density at radius 2 is 2.10 bits per heavy atom. The maximum Gasteiger partial charge on any atom is 0.255 e. The third kappa shape index (κ3) is 2.63. The molecule has 0 radical (unpaired) electrons. The summed E-state index contributed by atoms with van der Waals surface area (Å²) in [6.07, 6.45) is 3.35. The molecule has 7 nitrogen and oxygen atoms in total. The summed E-state index contributed by atoms with van der Waals surface area (Å²) in [5, 5.41) is 4.58. The van der Waals surface area contributed by atoms with Crippen LogP contribution in [0.1, 0.15) is 0 Å². The van der Waals surface area contributed by atoms with Crippen molar-refractivity contribution in [2.45, 2.75) is 0 Å². The summed E-state index contributed by atoms with van der Waals surface area (Å²) in [6.45, 7) is 0. The Hall–Kier alpha value is -2.67. The van der Waals surface area contributed by atoms with Crippen molar-refractivity contribution in [3.05, 3.63) is 41.7 Å². The van der Waals surface area contributed by atoms with Gasteiger partial charge >= 0.3 is 0 Å². The first-order valence-electron chi connectivity index (χ1n) is 6.03. The van der Waals surface area contributed by atoms with Crippen molar-refractivity contribution in [2.75, 3.05) is 12.8 Å². The van der Waals surface area contributed by atoms with E-state index in [-0.39, 0.29) is 5.95 Å². The Labute approximate surface area is 125 Å². The van der Waals surface area contributed by atoms with E-state index >= 15 is 0 Å². The van der Waals surface area contributed by atoms with Gasteiger partial charge in [-0.25, -0.2) is 4.68 Å². The molecule has 1 aromatic carbocycles. The predicted molar refractivity (Wildman–Crippen MR) is 78.4 cm³/mol. The van der Waals surface area contributed by atoms with Crippen molar-refractivity contribution in [1.82, 2.24) is 24.7 Å². The van der Waals surface area contributed by atoms with Crippen LogP contribution in [0.3, 0.4) is 0 Å². The van der Waals surface area contributed by atoms with Gasteiger partial charge in [-0.3, -0.25) is 0 Å². The molecule has 0 aliphatic heterocycles. The molecule has 2 heterocycles. The summed E-state index contributed by atoms with van der Waals surface area (Å²) < 4.78 is 6.70. The fourth-order valence-electron chi connectivity index (χ4n) is 1.80. The average molecular weight is 303 g/mol. The maximum atomic E-state index is 6.01. The Bertz CT molecular complexity index is 774. The topological polar surface area (TPSA) is 91.7 Å². The molecule has 0 fully saturated rings. The molecule has 0 bridgehead atoms. The van der Waals surface area contributed by atoms with Crippen LogP contribution in [0.2, 0.25) is 5.02 Å². The number of hydrogen-bond donors (Lipinski definition) is 1. The maximum absolute atomic E-state index is 6.01. The second-order valence-corrected chi connectivity index (χ2v) is 4.52. The van der Waals surface area contributed by atoms with E-state index in [0.717, 1.165) is 5.56 Å². The molecule has 106 valence electrons. The molecule has 0 amide bonds. The largest absolute Gasteiger partial charge is 0.495 e. The van der Waals surface area contributed by atoms with E-state index in [1.807, 2.05) is 0 Å². The van der Waals surface area contributed by atoms with Gasteiger partial charge in [0, 0.05) is 18.0 Å². The van der Waals surface area contributed by atoms with E-state index in [1.54, 1.807) is 43.8 Å². The fraction of sp³-hybridized carbons (Fsp3) is 0.0769. The van der Waals surface area contributed by atoms with Gasteiger partial charge in [0.25, 0.3) is 5.95 Å². The van der Waals surface area contributed by atoms with Crippen LogP contribution in [-0.2, 0) is 0 Å². The first-order chi connectivity index (χ1) is 10.2. The molecule has 2 N–H and O–H groups in total. The zero-order valence-electron chi connectivity index (χ0n) is 11.1. The van der Waals surface area contributed by atoms with Gasteiger partial charge < -0.3 is 10.5 Å². The van der Waals surface area contributed by atoms with Gasteiger partial charge in [0.05, 0.1) is 12.1 Å². The fourth-order valence-corrected chi connectivity index (χ4v) is 1.99. The van der Waals surface area contributed by atoms with Crippen molar-refractivity contribution in [1.29, 1.82) is 0 Å². The molecule has 0 unspecified atom stereocenters. The summed E-state index contributed by atoms with van der Waals surface area (Å²) in [7, 11) is 1.54. The average Bonchev–Trinajstić information content (AvgIpc) is 3.01. The van der Waals surface area contributed by atoms with Gasteiger partial charge in [0.2, 0.25) is 5.95 Å². The normalized spacial score (nSPS) is 10.6. The zero-order valence-corrected chi connectivity index (χ0v) is 11.8. The lowest BCUT2D eigenvalue weighted by molar-refractivity contribution is 0.415. The number of nitrogens with zero attached hydrogens (tertiary/aromatic N) is 5. The third-order valence-electron chi connectivity index (χ3n) is 2.76. The van der Waals surface area contributed by atoms with E-state index < -0.39 is 0 Å². The molecule has 0 aliphatic carbocycles. The second kappa shape index (κ2) is 5.37. The highest BCUT2D eigenvalue weighted by Gasteiger charge is 2.11. The highest BCUT2D eigenvalue weighted by atomic mass is 35.5. The lowest BCUT2D eigenvalue weighted by Gasteiger charge is -2.07. The minimum Gasteiger partial charge on any atom is -0.495 e. The Morgan fingerprint density at radius 1 is 1.24 bits per heavy atom. The molecule has 8 heteroatoms. The number of benzene rings is 1. The highest BCUT2D eigenvalue weighted by Crippen LogP contribution is 2.29. The van der Waals surface area contributed by atoms with E-state index in [1.165, 1.54) is 4.68 Å². The van der Waals surface area contributed by atoms with E-state index in [2.05, 4.69) is 20.1 Å². The monoisotopic (exact) mass is 302 g/mol. The minimum absolute atomic E-state index is 0.111. The molecule has 0 saturated carbocycles. The molecule has 3 rings (SSSR count). The molecular formula is C13H11ClN6O. The first-order valence-corrected chi connectivity index (χ1v) is 6.40. The van der Waals surface area contributed by atoms with E-state index in [9.17, 15) is 0 Å². The van der Waals surface area contributed by atoms with E-state index in [0.29, 0.717) is 22.5 Å². The standard InChI is InChI=1S/C13H11ClN6O/c1-21-10-7-8(3-4-9(10)14)11-17-12(15)19-13(18-11)20-6-2-5-16-20/h2-7H,1H3,(H2,15,17,18,19). The van der Waals surface area contributed by atoms with Gasteiger partial charge in [0.15, 0.2) is 5.82 Å². The number of aromatic nitrogens is 5. The molecule has 0 saturated heterocycles. The van der Waals surface area contributed by atoms with Gasteiger partial charge in [0.1, 0.15) is 5.75 Å². The van der Waals surface area contributed by atoms with Crippen LogP contribution in [0.4, 0.5) is 5.95 Å². The summed E-state index contributed by atoms with van der Waals surface area (Å²) >= 11 is 6.01. The predicted octanol–water partition coefficient (Wildman–Crippen LogP) is 1.97. The number of methoxy groups -OCH3 is 1. The Morgan fingerprint density at radius 3 is 2.81 bits per heavy atom.